The zero-order valence-corrected chi connectivity index (χ0v) is 15.8. The molecule has 2 rings (SSSR count). The summed E-state index contributed by atoms with van der Waals surface area (Å²) in [6, 6.07) is 11.6. The highest BCUT2D eigenvalue weighted by atomic mass is 16.5. The molecule has 3 N–H and O–H groups in total. The first kappa shape index (κ1) is 20.3. The predicted octanol–water partition coefficient (Wildman–Crippen LogP) is 2.74. The average molecular weight is 371 g/mol. The summed E-state index contributed by atoms with van der Waals surface area (Å²) in [7, 11) is 3.23. The molecular weight excluding hydrogens is 346 g/mol. The van der Waals surface area contributed by atoms with Crippen molar-refractivity contribution in [3.8, 4) is 5.75 Å². The molecule has 0 bridgehead atoms. The smallest absolute Gasteiger partial charge is 0.321 e. The van der Waals surface area contributed by atoms with E-state index in [2.05, 4.69) is 10.6 Å². The Morgan fingerprint density at radius 3 is 2.63 bits per heavy atom. The summed E-state index contributed by atoms with van der Waals surface area (Å²) in [6.45, 7) is 2.98. The Morgan fingerprint density at radius 1 is 1.19 bits per heavy atom. The number of phenols is 1. The van der Waals surface area contributed by atoms with E-state index in [-0.39, 0.29) is 17.7 Å². The van der Waals surface area contributed by atoms with Crippen molar-refractivity contribution in [1.29, 1.82) is 0 Å². The summed E-state index contributed by atoms with van der Waals surface area (Å²) in [5, 5.41) is 15.1. The van der Waals surface area contributed by atoms with Crippen molar-refractivity contribution in [3.05, 3.63) is 59.2 Å². The van der Waals surface area contributed by atoms with E-state index < -0.39 is 0 Å². The van der Waals surface area contributed by atoms with Crippen LogP contribution in [0.5, 0.6) is 5.75 Å². The molecule has 0 aromatic heterocycles. The Kier molecular flexibility index (Phi) is 7.19. The number of methoxy groups -OCH3 is 1. The molecule has 7 nitrogen and oxygen atoms in total. The second kappa shape index (κ2) is 9.59. The summed E-state index contributed by atoms with van der Waals surface area (Å²) >= 11 is 0. The van der Waals surface area contributed by atoms with Crippen LogP contribution in [0.4, 0.5) is 10.5 Å². The van der Waals surface area contributed by atoms with Crippen LogP contribution in [0.2, 0.25) is 0 Å². The van der Waals surface area contributed by atoms with Crippen molar-refractivity contribution in [2.75, 3.05) is 32.6 Å². The summed E-state index contributed by atoms with van der Waals surface area (Å²) in [5.41, 5.74) is 2.57. The van der Waals surface area contributed by atoms with Crippen molar-refractivity contribution in [3.63, 3.8) is 0 Å². The number of ether oxygens (including phenoxy) is 1. The minimum Gasteiger partial charge on any atom is -0.508 e. The molecule has 0 atom stereocenters. The van der Waals surface area contributed by atoms with Crippen molar-refractivity contribution < 1.29 is 19.4 Å². The lowest BCUT2D eigenvalue weighted by atomic mass is 10.1. The molecule has 27 heavy (non-hydrogen) atoms. The van der Waals surface area contributed by atoms with Gasteiger partial charge < -0.3 is 25.4 Å². The SMILES string of the molecule is COCCNC(=O)c1cccc(NC(=O)N(C)Cc2cccc(O)c2)c1C. The van der Waals surface area contributed by atoms with Gasteiger partial charge in [0.15, 0.2) is 0 Å². The molecule has 0 unspecified atom stereocenters. The van der Waals surface area contributed by atoms with E-state index in [0.29, 0.717) is 36.5 Å². The van der Waals surface area contributed by atoms with Crippen LogP contribution < -0.4 is 10.6 Å². The van der Waals surface area contributed by atoms with Gasteiger partial charge in [-0.05, 0) is 42.3 Å². The molecule has 3 amide bonds. The van der Waals surface area contributed by atoms with Gasteiger partial charge in [0.05, 0.1) is 6.61 Å². The molecule has 0 fully saturated rings. The minimum atomic E-state index is -0.307. The second-order valence-electron chi connectivity index (χ2n) is 6.18. The van der Waals surface area contributed by atoms with Crippen LogP contribution in [0.15, 0.2) is 42.5 Å². The molecule has 7 heteroatoms. The fourth-order valence-electron chi connectivity index (χ4n) is 2.59. The number of amides is 3. The van der Waals surface area contributed by atoms with Crippen LogP contribution in [0, 0.1) is 6.92 Å². The molecule has 0 aliphatic heterocycles. The molecule has 0 aliphatic rings. The quantitative estimate of drug-likeness (QED) is 0.653. The second-order valence-corrected chi connectivity index (χ2v) is 6.18. The third-order valence-corrected chi connectivity index (χ3v) is 4.09. The van der Waals surface area contributed by atoms with E-state index in [1.165, 1.54) is 4.90 Å². The summed E-state index contributed by atoms with van der Waals surface area (Å²) < 4.78 is 4.92. The van der Waals surface area contributed by atoms with E-state index in [1.54, 1.807) is 57.5 Å². The van der Waals surface area contributed by atoms with Crippen LogP contribution >= 0.6 is 0 Å². The standard InChI is InChI=1S/C20H25N3O4/c1-14-17(19(25)21-10-11-27-3)8-5-9-18(14)22-20(26)23(2)13-15-6-4-7-16(24)12-15/h4-9,12,24H,10-11,13H2,1-3H3,(H,21,25)(H,22,26). The fourth-order valence-corrected chi connectivity index (χ4v) is 2.59. The lowest BCUT2D eigenvalue weighted by molar-refractivity contribution is 0.0936. The number of rotatable bonds is 7. The topological polar surface area (TPSA) is 90.9 Å². The Bertz CT molecular complexity index is 808. The van der Waals surface area contributed by atoms with Gasteiger partial charge in [-0.1, -0.05) is 18.2 Å². The van der Waals surface area contributed by atoms with E-state index >= 15 is 0 Å². The normalized spacial score (nSPS) is 10.3. The number of carbonyl (C=O) groups excluding carboxylic acids is 2. The highest BCUT2D eigenvalue weighted by Gasteiger charge is 2.15. The van der Waals surface area contributed by atoms with Gasteiger partial charge in [-0.25, -0.2) is 4.79 Å². The Hall–Kier alpha value is -3.06. The van der Waals surface area contributed by atoms with Crippen molar-refractivity contribution in [2.24, 2.45) is 0 Å². The molecule has 0 aliphatic carbocycles. The molecule has 2 aromatic rings. The fraction of sp³-hybridized carbons (Fsp3) is 0.300. The van der Waals surface area contributed by atoms with Gasteiger partial charge in [0, 0.05) is 38.5 Å². The van der Waals surface area contributed by atoms with Gasteiger partial charge in [0.25, 0.3) is 5.91 Å². The Labute approximate surface area is 158 Å². The number of anilines is 1. The number of hydrogen-bond donors (Lipinski definition) is 3. The van der Waals surface area contributed by atoms with E-state index in [4.69, 9.17) is 4.74 Å². The number of phenolic OH excluding ortho intramolecular Hbond substituents is 1. The molecule has 144 valence electrons. The van der Waals surface area contributed by atoms with Gasteiger partial charge in [0.1, 0.15) is 5.75 Å². The third-order valence-electron chi connectivity index (χ3n) is 4.09. The van der Waals surface area contributed by atoms with Crippen LogP contribution in [0.3, 0.4) is 0 Å². The number of nitrogens with zero attached hydrogens (tertiary/aromatic N) is 1. The molecule has 0 saturated heterocycles. The first-order valence-electron chi connectivity index (χ1n) is 8.59. The lowest BCUT2D eigenvalue weighted by Gasteiger charge is -2.20. The number of benzene rings is 2. The maximum Gasteiger partial charge on any atom is 0.321 e. The summed E-state index contributed by atoms with van der Waals surface area (Å²) in [6.07, 6.45) is 0. The van der Waals surface area contributed by atoms with E-state index in [9.17, 15) is 14.7 Å². The third kappa shape index (κ3) is 5.72. The number of aromatic hydroxyl groups is 1. The molecule has 0 heterocycles. The minimum absolute atomic E-state index is 0.157. The number of urea groups is 1. The summed E-state index contributed by atoms with van der Waals surface area (Å²) in [5.74, 6) is -0.0573. The average Bonchev–Trinajstić information content (AvgIpc) is 2.63. The maximum absolute atomic E-state index is 12.5. The van der Waals surface area contributed by atoms with E-state index in [1.807, 2.05) is 6.07 Å². The number of carbonyl (C=O) groups is 2. The highest BCUT2D eigenvalue weighted by molar-refractivity contribution is 5.99. The zero-order valence-electron chi connectivity index (χ0n) is 15.8. The van der Waals surface area contributed by atoms with Crippen LogP contribution in [0.1, 0.15) is 21.5 Å². The first-order chi connectivity index (χ1) is 12.9. The van der Waals surface area contributed by atoms with E-state index in [0.717, 1.165) is 5.56 Å². The predicted molar refractivity (Wildman–Crippen MR) is 104 cm³/mol. The van der Waals surface area contributed by atoms with Gasteiger partial charge in [-0.2, -0.15) is 0 Å². The van der Waals surface area contributed by atoms with Gasteiger partial charge >= 0.3 is 6.03 Å². The number of hydrogen-bond acceptors (Lipinski definition) is 4. The van der Waals surface area contributed by atoms with Crippen molar-refractivity contribution in [1.82, 2.24) is 10.2 Å². The molecular formula is C20H25N3O4. The number of nitrogens with one attached hydrogen (secondary N) is 2. The van der Waals surface area contributed by atoms with Crippen LogP contribution in [-0.4, -0.2) is 49.3 Å². The highest BCUT2D eigenvalue weighted by Crippen LogP contribution is 2.20. The molecule has 0 saturated carbocycles. The van der Waals surface area contributed by atoms with Crippen molar-refractivity contribution >= 4 is 17.6 Å². The largest absolute Gasteiger partial charge is 0.508 e. The Balaban J connectivity index is 2.04. The monoisotopic (exact) mass is 371 g/mol. The zero-order chi connectivity index (χ0) is 19.8. The van der Waals surface area contributed by atoms with Crippen LogP contribution in [-0.2, 0) is 11.3 Å². The Morgan fingerprint density at radius 2 is 1.93 bits per heavy atom. The van der Waals surface area contributed by atoms with Gasteiger partial charge in [0.2, 0.25) is 0 Å². The van der Waals surface area contributed by atoms with Gasteiger partial charge in [-0.3, -0.25) is 4.79 Å². The lowest BCUT2D eigenvalue weighted by Crippen LogP contribution is -2.31. The van der Waals surface area contributed by atoms with Crippen LogP contribution in [0.25, 0.3) is 0 Å². The summed E-state index contributed by atoms with van der Waals surface area (Å²) in [4.78, 5) is 26.3. The molecule has 0 spiro atoms. The van der Waals surface area contributed by atoms with Gasteiger partial charge in [-0.15, -0.1) is 0 Å². The molecule has 2 aromatic carbocycles. The first-order valence-corrected chi connectivity index (χ1v) is 8.59. The van der Waals surface area contributed by atoms with Crippen molar-refractivity contribution in [2.45, 2.75) is 13.5 Å². The maximum atomic E-state index is 12.5. The molecule has 0 radical (unpaired) electrons.